The van der Waals surface area contributed by atoms with Crippen LogP contribution in [0.2, 0.25) is 0 Å². The number of nitrogens with zero attached hydrogens (tertiary/aromatic N) is 2. The number of rotatable bonds is 8. The first-order valence-corrected chi connectivity index (χ1v) is 12.2. The van der Waals surface area contributed by atoms with Crippen molar-refractivity contribution in [2.75, 3.05) is 34.5 Å². The zero-order valence-corrected chi connectivity index (χ0v) is 21.0. The van der Waals surface area contributed by atoms with Gasteiger partial charge in [-0.25, -0.2) is 0 Å². The Morgan fingerprint density at radius 3 is 2.53 bits per heavy atom. The van der Waals surface area contributed by atoms with Gasteiger partial charge in [0.25, 0.3) is 5.91 Å². The number of fused-ring (bicyclic) bond motifs is 3. The van der Waals surface area contributed by atoms with Crippen LogP contribution in [0.3, 0.4) is 0 Å². The minimum atomic E-state index is -1.05. The summed E-state index contributed by atoms with van der Waals surface area (Å²) >= 11 is 0. The summed E-state index contributed by atoms with van der Waals surface area (Å²) in [6.07, 6.45) is 5.06. The van der Waals surface area contributed by atoms with Gasteiger partial charge in [0.1, 0.15) is 22.7 Å². The highest BCUT2D eigenvalue weighted by atomic mass is 16.5. The van der Waals surface area contributed by atoms with Crippen LogP contribution in [0.15, 0.2) is 18.2 Å². The first kappa shape index (κ1) is 24.4. The van der Waals surface area contributed by atoms with Gasteiger partial charge < -0.3 is 29.0 Å². The number of ether oxygens (including phenoxy) is 3. The smallest absolute Gasteiger partial charge is 0.271 e. The summed E-state index contributed by atoms with van der Waals surface area (Å²) in [7, 11) is 4.86. The lowest BCUT2D eigenvalue weighted by molar-refractivity contribution is -0.134. The molecule has 0 saturated heterocycles. The number of nitrogens with one attached hydrogen (secondary N) is 1. The third-order valence-electron chi connectivity index (χ3n) is 7.59. The molecule has 4 rings (SSSR count). The first-order chi connectivity index (χ1) is 16.3. The Balaban J connectivity index is 1.78. The molecule has 34 heavy (non-hydrogen) atoms. The summed E-state index contributed by atoms with van der Waals surface area (Å²) in [6.45, 7) is 5.37. The average molecular weight is 472 g/mol. The SMILES string of the molecule is COCCCN1C(=O)c2cc3c(OC)ccc(OC)c3n2C[C@]1(C)C(=O)N[C@H]1CCCC[C@H]1C. The van der Waals surface area contributed by atoms with Crippen molar-refractivity contribution in [3.8, 4) is 11.5 Å². The molecular formula is C26H37N3O5. The van der Waals surface area contributed by atoms with Gasteiger partial charge in [0.15, 0.2) is 0 Å². The van der Waals surface area contributed by atoms with Crippen molar-refractivity contribution in [3.63, 3.8) is 0 Å². The van der Waals surface area contributed by atoms with Gasteiger partial charge in [0.05, 0.1) is 26.3 Å². The maximum Gasteiger partial charge on any atom is 0.271 e. The second kappa shape index (κ2) is 9.86. The predicted molar refractivity (Wildman–Crippen MR) is 131 cm³/mol. The lowest BCUT2D eigenvalue weighted by atomic mass is 9.85. The number of carbonyl (C=O) groups is 2. The number of amides is 2. The van der Waals surface area contributed by atoms with Crippen LogP contribution in [0.25, 0.3) is 10.9 Å². The van der Waals surface area contributed by atoms with E-state index in [4.69, 9.17) is 14.2 Å². The molecule has 2 amide bonds. The van der Waals surface area contributed by atoms with E-state index in [-0.39, 0.29) is 17.9 Å². The molecular weight excluding hydrogens is 434 g/mol. The zero-order chi connectivity index (χ0) is 24.5. The maximum atomic E-state index is 13.9. The van der Waals surface area contributed by atoms with Crippen LogP contribution in [-0.4, -0.2) is 67.3 Å². The van der Waals surface area contributed by atoms with Crippen LogP contribution in [-0.2, 0) is 16.1 Å². The van der Waals surface area contributed by atoms with Gasteiger partial charge in [-0.1, -0.05) is 19.8 Å². The van der Waals surface area contributed by atoms with E-state index in [9.17, 15) is 9.59 Å². The highest BCUT2D eigenvalue weighted by Gasteiger charge is 2.48. The van der Waals surface area contributed by atoms with Gasteiger partial charge in [-0.3, -0.25) is 9.59 Å². The predicted octanol–water partition coefficient (Wildman–Crippen LogP) is 3.60. The van der Waals surface area contributed by atoms with Gasteiger partial charge in [-0.2, -0.15) is 0 Å². The number of benzene rings is 1. The molecule has 2 heterocycles. The van der Waals surface area contributed by atoms with Crippen molar-refractivity contribution in [2.45, 2.75) is 64.1 Å². The second-order valence-corrected chi connectivity index (χ2v) is 9.77. The number of hydrogen-bond acceptors (Lipinski definition) is 5. The standard InChI is InChI=1S/C26H37N3O5/c1-17-9-6-7-10-19(17)27-25(31)26(2)16-28-20(24(30)29(26)13-8-14-32-3)15-18-21(33-4)11-12-22(34-5)23(18)28/h11-12,15,17,19H,6-10,13-14,16H2,1-5H3,(H,27,31)/t17-,19+,26-/m1/s1. The van der Waals surface area contributed by atoms with Gasteiger partial charge >= 0.3 is 0 Å². The van der Waals surface area contributed by atoms with Crippen molar-refractivity contribution >= 4 is 22.7 Å². The molecule has 0 radical (unpaired) electrons. The summed E-state index contributed by atoms with van der Waals surface area (Å²) in [4.78, 5) is 29.4. The Hall–Kier alpha value is -2.74. The first-order valence-electron chi connectivity index (χ1n) is 12.2. The van der Waals surface area contributed by atoms with Crippen molar-refractivity contribution in [3.05, 3.63) is 23.9 Å². The van der Waals surface area contributed by atoms with Gasteiger partial charge in [-0.05, 0) is 50.3 Å². The Bertz CT molecular complexity index is 1060. The van der Waals surface area contributed by atoms with Crippen LogP contribution < -0.4 is 14.8 Å². The Morgan fingerprint density at radius 1 is 1.15 bits per heavy atom. The van der Waals surface area contributed by atoms with Crippen LogP contribution >= 0.6 is 0 Å². The third kappa shape index (κ3) is 4.13. The highest BCUT2D eigenvalue weighted by Crippen LogP contribution is 2.40. The molecule has 0 bridgehead atoms. The van der Waals surface area contributed by atoms with Crippen molar-refractivity contribution < 1.29 is 23.8 Å². The molecule has 8 heteroatoms. The molecule has 1 saturated carbocycles. The van der Waals surface area contributed by atoms with Crippen LogP contribution in [0, 0.1) is 5.92 Å². The molecule has 1 aromatic carbocycles. The van der Waals surface area contributed by atoms with E-state index in [0.717, 1.165) is 30.2 Å². The number of methoxy groups -OCH3 is 3. The Kier molecular flexibility index (Phi) is 7.07. The molecule has 2 aromatic rings. The monoisotopic (exact) mass is 471 g/mol. The fraction of sp³-hybridized carbons (Fsp3) is 0.615. The summed E-state index contributed by atoms with van der Waals surface area (Å²) < 4.78 is 18.4. The van der Waals surface area contributed by atoms with Crippen LogP contribution in [0.1, 0.15) is 56.4 Å². The molecule has 1 aliphatic carbocycles. The van der Waals surface area contributed by atoms with Gasteiger partial charge in [-0.15, -0.1) is 0 Å². The summed E-state index contributed by atoms with van der Waals surface area (Å²) in [5, 5.41) is 4.11. The van der Waals surface area contributed by atoms with Gasteiger partial charge in [0, 0.05) is 31.7 Å². The van der Waals surface area contributed by atoms with E-state index in [1.165, 1.54) is 6.42 Å². The van der Waals surface area contributed by atoms with E-state index < -0.39 is 5.54 Å². The van der Waals surface area contributed by atoms with Gasteiger partial charge in [0.2, 0.25) is 5.91 Å². The molecule has 0 spiro atoms. The van der Waals surface area contributed by atoms with E-state index >= 15 is 0 Å². The molecule has 1 aromatic heterocycles. The lowest BCUT2D eigenvalue weighted by Crippen LogP contribution is -2.65. The minimum absolute atomic E-state index is 0.105. The lowest BCUT2D eigenvalue weighted by Gasteiger charge is -2.45. The normalized spacial score (nSPS) is 24.7. The highest BCUT2D eigenvalue weighted by molar-refractivity contribution is 6.05. The summed E-state index contributed by atoms with van der Waals surface area (Å²) in [5.41, 5.74) is 0.257. The van der Waals surface area contributed by atoms with Crippen LogP contribution in [0.4, 0.5) is 0 Å². The van der Waals surface area contributed by atoms with E-state index in [1.54, 1.807) is 26.2 Å². The average Bonchev–Trinajstić information content (AvgIpc) is 3.21. The minimum Gasteiger partial charge on any atom is -0.496 e. The fourth-order valence-corrected chi connectivity index (χ4v) is 5.53. The fourth-order valence-electron chi connectivity index (χ4n) is 5.53. The molecule has 2 aliphatic rings. The molecule has 3 atom stereocenters. The second-order valence-electron chi connectivity index (χ2n) is 9.77. The van der Waals surface area contributed by atoms with E-state index in [0.29, 0.717) is 49.2 Å². The zero-order valence-electron chi connectivity index (χ0n) is 21.0. The van der Waals surface area contributed by atoms with Crippen molar-refractivity contribution in [1.82, 2.24) is 14.8 Å². The van der Waals surface area contributed by atoms with E-state index in [2.05, 4.69) is 12.2 Å². The number of hydrogen-bond donors (Lipinski definition) is 1. The molecule has 186 valence electrons. The number of carbonyl (C=O) groups excluding carboxylic acids is 2. The van der Waals surface area contributed by atoms with E-state index in [1.807, 2.05) is 29.7 Å². The topological polar surface area (TPSA) is 82.0 Å². The molecule has 1 aliphatic heterocycles. The quantitative estimate of drug-likeness (QED) is 0.595. The number of aromatic nitrogens is 1. The molecule has 8 nitrogen and oxygen atoms in total. The summed E-state index contributed by atoms with van der Waals surface area (Å²) in [6, 6.07) is 5.66. The summed E-state index contributed by atoms with van der Waals surface area (Å²) in [5.74, 6) is 1.46. The Morgan fingerprint density at radius 2 is 1.85 bits per heavy atom. The van der Waals surface area contributed by atoms with Crippen LogP contribution in [0.5, 0.6) is 11.5 Å². The third-order valence-corrected chi connectivity index (χ3v) is 7.59. The van der Waals surface area contributed by atoms with Crippen molar-refractivity contribution in [1.29, 1.82) is 0 Å². The Labute approximate surface area is 201 Å². The maximum absolute atomic E-state index is 13.9. The largest absolute Gasteiger partial charge is 0.496 e. The molecule has 1 N–H and O–H groups in total. The molecule has 1 fully saturated rings. The molecule has 0 unspecified atom stereocenters. The van der Waals surface area contributed by atoms with Crippen molar-refractivity contribution in [2.24, 2.45) is 5.92 Å².